The standard InChI is InChI=1S/C16H31NOS/c1-14-4-6-16(13-18,7-5-14)12-17-9-8-15(2,3)19-11-10-17/h14,18H,4-13H2,1-3H3. The van der Waals surface area contributed by atoms with Crippen molar-refractivity contribution in [2.24, 2.45) is 11.3 Å². The molecular formula is C16H31NOS. The molecular weight excluding hydrogens is 254 g/mol. The van der Waals surface area contributed by atoms with Crippen molar-refractivity contribution >= 4 is 11.8 Å². The predicted molar refractivity (Wildman–Crippen MR) is 84.7 cm³/mol. The Morgan fingerprint density at radius 1 is 1.16 bits per heavy atom. The van der Waals surface area contributed by atoms with Crippen molar-refractivity contribution in [3.05, 3.63) is 0 Å². The molecule has 0 bridgehead atoms. The molecule has 112 valence electrons. The van der Waals surface area contributed by atoms with Gasteiger partial charge in [0.25, 0.3) is 0 Å². The molecule has 2 fully saturated rings. The van der Waals surface area contributed by atoms with E-state index in [4.69, 9.17) is 0 Å². The topological polar surface area (TPSA) is 23.5 Å². The monoisotopic (exact) mass is 285 g/mol. The van der Waals surface area contributed by atoms with E-state index in [1.54, 1.807) is 0 Å². The minimum Gasteiger partial charge on any atom is -0.396 e. The molecule has 0 aromatic heterocycles. The Balaban J connectivity index is 1.91. The molecule has 0 radical (unpaired) electrons. The zero-order chi connectivity index (χ0) is 13.9. The first-order valence-electron chi connectivity index (χ1n) is 7.92. The summed E-state index contributed by atoms with van der Waals surface area (Å²) in [5, 5.41) is 9.90. The van der Waals surface area contributed by atoms with Crippen molar-refractivity contribution in [3.63, 3.8) is 0 Å². The van der Waals surface area contributed by atoms with E-state index in [-0.39, 0.29) is 5.41 Å². The van der Waals surface area contributed by atoms with Crippen LogP contribution in [0, 0.1) is 11.3 Å². The van der Waals surface area contributed by atoms with Gasteiger partial charge in [0.05, 0.1) is 0 Å². The molecule has 19 heavy (non-hydrogen) atoms. The zero-order valence-corrected chi connectivity index (χ0v) is 13.8. The van der Waals surface area contributed by atoms with Crippen LogP contribution >= 0.6 is 11.8 Å². The molecule has 0 atom stereocenters. The summed E-state index contributed by atoms with van der Waals surface area (Å²) in [5.74, 6) is 2.10. The number of nitrogens with zero attached hydrogens (tertiary/aromatic N) is 1. The Hall–Kier alpha value is 0.270. The van der Waals surface area contributed by atoms with Crippen LogP contribution in [-0.4, -0.2) is 46.7 Å². The van der Waals surface area contributed by atoms with Crippen LogP contribution in [0.4, 0.5) is 0 Å². The number of rotatable bonds is 3. The maximum Gasteiger partial charge on any atom is 0.0499 e. The molecule has 2 rings (SSSR count). The van der Waals surface area contributed by atoms with E-state index in [0.717, 1.165) is 12.5 Å². The van der Waals surface area contributed by atoms with Gasteiger partial charge in [-0.2, -0.15) is 11.8 Å². The Kier molecular flexibility index (Phi) is 5.24. The molecule has 2 nitrogen and oxygen atoms in total. The maximum absolute atomic E-state index is 9.90. The summed E-state index contributed by atoms with van der Waals surface area (Å²) in [6.45, 7) is 11.0. The largest absolute Gasteiger partial charge is 0.396 e. The van der Waals surface area contributed by atoms with E-state index in [1.807, 2.05) is 0 Å². The van der Waals surface area contributed by atoms with Gasteiger partial charge in [0.15, 0.2) is 0 Å². The van der Waals surface area contributed by atoms with Gasteiger partial charge in [0, 0.05) is 35.6 Å². The van der Waals surface area contributed by atoms with Crippen LogP contribution in [0.25, 0.3) is 0 Å². The van der Waals surface area contributed by atoms with Crippen molar-refractivity contribution in [1.82, 2.24) is 4.90 Å². The van der Waals surface area contributed by atoms with Gasteiger partial charge in [0.2, 0.25) is 0 Å². The second kappa shape index (κ2) is 6.36. The lowest BCUT2D eigenvalue weighted by atomic mass is 9.71. The summed E-state index contributed by atoms with van der Waals surface area (Å²) in [6, 6.07) is 0. The Morgan fingerprint density at radius 3 is 2.47 bits per heavy atom. The van der Waals surface area contributed by atoms with Crippen LogP contribution in [0.1, 0.15) is 52.9 Å². The maximum atomic E-state index is 9.90. The second-order valence-corrected chi connectivity index (χ2v) is 9.28. The van der Waals surface area contributed by atoms with Crippen molar-refractivity contribution in [2.45, 2.75) is 57.6 Å². The van der Waals surface area contributed by atoms with E-state index in [1.165, 1.54) is 50.9 Å². The third-order valence-corrected chi connectivity index (χ3v) is 6.53. The van der Waals surface area contributed by atoms with Gasteiger partial charge in [-0.3, -0.25) is 0 Å². The minimum absolute atomic E-state index is 0.200. The van der Waals surface area contributed by atoms with Gasteiger partial charge >= 0.3 is 0 Å². The number of hydrogen-bond acceptors (Lipinski definition) is 3. The normalized spacial score (nSPS) is 36.9. The van der Waals surface area contributed by atoms with Crippen molar-refractivity contribution in [3.8, 4) is 0 Å². The van der Waals surface area contributed by atoms with Crippen LogP contribution in [0.15, 0.2) is 0 Å². The Labute approximate surface area is 123 Å². The predicted octanol–water partition coefficient (Wildman–Crippen LogP) is 3.39. The van der Waals surface area contributed by atoms with Gasteiger partial charge in [0.1, 0.15) is 0 Å². The molecule has 1 saturated carbocycles. The highest BCUT2D eigenvalue weighted by molar-refractivity contribution is 8.00. The van der Waals surface area contributed by atoms with Crippen LogP contribution < -0.4 is 0 Å². The van der Waals surface area contributed by atoms with Gasteiger partial charge in [-0.1, -0.05) is 33.6 Å². The molecule has 1 heterocycles. The molecule has 1 N–H and O–H groups in total. The highest BCUT2D eigenvalue weighted by Gasteiger charge is 2.36. The fraction of sp³-hybridized carbons (Fsp3) is 1.00. The molecule has 1 saturated heterocycles. The van der Waals surface area contributed by atoms with E-state index in [2.05, 4.69) is 37.4 Å². The molecule has 1 aliphatic carbocycles. The minimum atomic E-state index is 0.200. The molecule has 0 unspecified atom stereocenters. The van der Waals surface area contributed by atoms with Gasteiger partial charge in [-0.05, 0) is 31.7 Å². The van der Waals surface area contributed by atoms with Crippen LogP contribution in [0.3, 0.4) is 0 Å². The summed E-state index contributed by atoms with van der Waals surface area (Å²) >= 11 is 2.11. The molecule has 0 aromatic carbocycles. The van der Waals surface area contributed by atoms with E-state index >= 15 is 0 Å². The molecule has 0 spiro atoms. The number of aliphatic hydroxyl groups is 1. The van der Waals surface area contributed by atoms with Gasteiger partial charge in [-0.25, -0.2) is 0 Å². The van der Waals surface area contributed by atoms with E-state index in [0.29, 0.717) is 11.4 Å². The quantitative estimate of drug-likeness (QED) is 0.860. The number of thioether (sulfide) groups is 1. The average Bonchev–Trinajstić information content (AvgIpc) is 2.54. The highest BCUT2D eigenvalue weighted by atomic mass is 32.2. The van der Waals surface area contributed by atoms with Crippen LogP contribution in [-0.2, 0) is 0 Å². The van der Waals surface area contributed by atoms with E-state index < -0.39 is 0 Å². The number of aliphatic hydroxyl groups excluding tert-OH is 1. The first kappa shape index (κ1) is 15.7. The highest BCUT2D eigenvalue weighted by Crippen LogP contribution is 2.40. The summed E-state index contributed by atoms with van der Waals surface area (Å²) in [6.07, 6.45) is 6.31. The SMILES string of the molecule is CC1CCC(CO)(CN2CCSC(C)(C)CC2)CC1. The van der Waals surface area contributed by atoms with E-state index in [9.17, 15) is 5.11 Å². The third kappa shape index (κ3) is 4.37. The van der Waals surface area contributed by atoms with Crippen molar-refractivity contribution < 1.29 is 5.11 Å². The lowest BCUT2D eigenvalue weighted by Gasteiger charge is -2.41. The molecule has 0 aromatic rings. The van der Waals surface area contributed by atoms with Gasteiger partial charge < -0.3 is 10.0 Å². The molecule has 0 amide bonds. The smallest absolute Gasteiger partial charge is 0.0499 e. The number of hydrogen-bond donors (Lipinski definition) is 1. The Bertz CT molecular complexity index is 284. The lowest BCUT2D eigenvalue weighted by molar-refractivity contribution is 0.0308. The summed E-state index contributed by atoms with van der Waals surface area (Å²) in [5.41, 5.74) is 0.200. The fourth-order valence-corrected chi connectivity index (χ4v) is 4.57. The third-order valence-electron chi connectivity index (χ3n) is 5.16. The van der Waals surface area contributed by atoms with Crippen LogP contribution in [0.2, 0.25) is 0 Å². The van der Waals surface area contributed by atoms with Crippen LogP contribution in [0.5, 0.6) is 0 Å². The Morgan fingerprint density at radius 2 is 1.84 bits per heavy atom. The summed E-state index contributed by atoms with van der Waals surface area (Å²) in [7, 11) is 0. The summed E-state index contributed by atoms with van der Waals surface area (Å²) < 4.78 is 0.433. The van der Waals surface area contributed by atoms with Crippen molar-refractivity contribution in [1.29, 1.82) is 0 Å². The first-order valence-corrected chi connectivity index (χ1v) is 8.90. The molecule has 2 aliphatic rings. The summed E-state index contributed by atoms with van der Waals surface area (Å²) in [4.78, 5) is 2.62. The lowest BCUT2D eigenvalue weighted by Crippen LogP contribution is -2.43. The molecule has 1 aliphatic heterocycles. The fourth-order valence-electron chi connectivity index (χ4n) is 3.44. The average molecular weight is 285 g/mol. The van der Waals surface area contributed by atoms with Crippen molar-refractivity contribution in [2.75, 3.05) is 32.0 Å². The zero-order valence-electron chi connectivity index (χ0n) is 13.0. The van der Waals surface area contributed by atoms with Gasteiger partial charge in [-0.15, -0.1) is 0 Å². The molecule has 3 heteroatoms. The second-order valence-electron chi connectivity index (χ2n) is 7.47. The first-order chi connectivity index (χ1) is 8.95.